The number of rotatable bonds is 3. The van der Waals surface area contributed by atoms with Crippen molar-refractivity contribution in [1.29, 1.82) is 0 Å². The largest absolute Gasteiger partial charge is 0.394 e. The summed E-state index contributed by atoms with van der Waals surface area (Å²) in [5.74, 6) is -0.0255. The molecule has 3 nitrogen and oxygen atoms in total. The fraction of sp³-hybridized carbons (Fsp3) is 0.875. The molecule has 0 aromatic heterocycles. The molecular weight excluding hydrogens is 142 g/mol. The van der Waals surface area contributed by atoms with Crippen molar-refractivity contribution in [1.82, 2.24) is 5.32 Å². The van der Waals surface area contributed by atoms with Crippen molar-refractivity contribution >= 4 is 5.78 Å². The molecule has 0 aliphatic rings. The zero-order chi connectivity index (χ0) is 9.07. The van der Waals surface area contributed by atoms with Gasteiger partial charge in [0, 0.05) is 5.54 Å². The van der Waals surface area contributed by atoms with E-state index in [-0.39, 0.29) is 17.9 Å². The van der Waals surface area contributed by atoms with Gasteiger partial charge in [-0.25, -0.2) is 0 Å². The maximum atomic E-state index is 10.8. The summed E-state index contributed by atoms with van der Waals surface area (Å²) in [6.45, 7) is 7.21. The second-order valence-corrected chi connectivity index (χ2v) is 3.74. The van der Waals surface area contributed by atoms with Gasteiger partial charge in [0.2, 0.25) is 0 Å². The molecule has 0 saturated heterocycles. The van der Waals surface area contributed by atoms with Gasteiger partial charge in [0.1, 0.15) is 5.78 Å². The lowest BCUT2D eigenvalue weighted by molar-refractivity contribution is -0.120. The summed E-state index contributed by atoms with van der Waals surface area (Å²) < 4.78 is 0. The Balaban J connectivity index is 3.99. The van der Waals surface area contributed by atoms with Crippen LogP contribution in [0.25, 0.3) is 0 Å². The van der Waals surface area contributed by atoms with Gasteiger partial charge in [-0.15, -0.1) is 0 Å². The first-order chi connectivity index (χ1) is 4.87. The Morgan fingerprint density at radius 1 is 1.55 bits per heavy atom. The van der Waals surface area contributed by atoms with Gasteiger partial charge in [0.15, 0.2) is 0 Å². The Hall–Kier alpha value is -0.410. The van der Waals surface area contributed by atoms with Gasteiger partial charge in [0.05, 0.1) is 12.6 Å². The number of Topliss-reactive ketones (excluding diaryl/α,β-unsaturated/α-hetero) is 1. The first-order valence-electron chi connectivity index (χ1n) is 3.76. The van der Waals surface area contributed by atoms with E-state index >= 15 is 0 Å². The van der Waals surface area contributed by atoms with E-state index in [2.05, 4.69) is 5.32 Å². The van der Waals surface area contributed by atoms with E-state index in [1.807, 2.05) is 20.8 Å². The summed E-state index contributed by atoms with van der Waals surface area (Å²) in [7, 11) is 0. The molecule has 0 heterocycles. The highest BCUT2D eigenvalue weighted by Crippen LogP contribution is 2.01. The average molecular weight is 159 g/mol. The Morgan fingerprint density at radius 3 is 2.09 bits per heavy atom. The van der Waals surface area contributed by atoms with Crippen molar-refractivity contribution in [3.8, 4) is 0 Å². The van der Waals surface area contributed by atoms with Gasteiger partial charge in [-0.1, -0.05) is 0 Å². The van der Waals surface area contributed by atoms with E-state index in [1.165, 1.54) is 6.92 Å². The van der Waals surface area contributed by atoms with Crippen molar-refractivity contribution in [2.75, 3.05) is 6.61 Å². The minimum Gasteiger partial charge on any atom is -0.394 e. The number of hydrogen-bond donors (Lipinski definition) is 2. The molecule has 11 heavy (non-hydrogen) atoms. The van der Waals surface area contributed by atoms with Gasteiger partial charge in [-0.05, 0) is 27.7 Å². The van der Waals surface area contributed by atoms with Crippen LogP contribution in [0.15, 0.2) is 0 Å². The first-order valence-corrected chi connectivity index (χ1v) is 3.76. The van der Waals surface area contributed by atoms with Crippen LogP contribution in [0.2, 0.25) is 0 Å². The number of aliphatic hydroxyl groups is 1. The third kappa shape index (κ3) is 4.93. The van der Waals surface area contributed by atoms with Gasteiger partial charge in [0.25, 0.3) is 0 Å². The molecule has 2 N–H and O–H groups in total. The van der Waals surface area contributed by atoms with E-state index in [0.29, 0.717) is 0 Å². The molecule has 0 radical (unpaired) electrons. The minimum absolute atomic E-state index is 0.0255. The molecule has 0 spiro atoms. The van der Waals surface area contributed by atoms with Gasteiger partial charge >= 0.3 is 0 Å². The number of carbonyl (C=O) groups excluding carboxylic acids is 1. The van der Waals surface area contributed by atoms with Crippen molar-refractivity contribution in [3.63, 3.8) is 0 Å². The smallest absolute Gasteiger partial charge is 0.149 e. The number of ketones is 1. The lowest BCUT2D eigenvalue weighted by Gasteiger charge is -2.25. The van der Waals surface area contributed by atoms with Crippen molar-refractivity contribution in [2.24, 2.45) is 0 Å². The third-order valence-corrected chi connectivity index (χ3v) is 1.28. The number of nitrogens with one attached hydrogen (secondary N) is 1. The molecule has 1 atom stereocenters. The monoisotopic (exact) mass is 159 g/mol. The summed E-state index contributed by atoms with van der Waals surface area (Å²) in [5.41, 5.74) is -0.126. The van der Waals surface area contributed by atoms with Gasteiger partial charge < -0.3 is 10.4 Å². The molecule has 1 unspecified atom stereocenters. The molecule has 0 aliphatic heterocycles. The molecule has 0 bridgehead atoms. The number of carbonyl (C=O) groups is 1. The molecule has 0 fully saturated rings. The number of aliphatic hydroxyl groups excluding tert-OH is 1. The van der Waals surface area contributed by atoms with Crippen LogP contribution in [0.3, 0.4) is 0 Å². The van der Waals surface area contributed by atoms with Crippen LogP contribution in [-0.4, -0.2) is 29.1 Å². The van der Waals surface area contributed by atoms with E-state index < -0.39 is 6.04 Å². The topological polar surface area (TPSA) is 49.3 Å². The van der Waals surface area contributed by atoms with E-state index in [4.69, 9.17) is 5.11 Å². The molecule has 0 aromatic rings. The standard InChI is InChI=1S/C8H17NO2/c1-6(11)7(5-10)9-8(2,3)4/h7,9-10H,5H2,1-4H3. The maximum Gasteiger partial charge on any atom is 0.149 e. The quantitative estimate of drug-likeness (QED) is 0.623. The van der Waals surface area contributed by atoms with Crippen LogP contribution < -0.4 is 5.32 Å². The molecule has 0 aromatic carbocycles. The van der Waals surface area contributed by atoms with Crippen LogP contribution in [0.4, 0.5) is 0 Å². The van der Waals surface area contributed by atoms with E-state index in [1.54, 1.807) is 0 Å². The molecule has 0 rings (SSSR count). The summed E-state index contributed by atoms with van der Waals surface area (Å²) in [6.07, 6.45) is 0. The van der Waals surface area contributed by atoms with E-state index in [9.17, 15) is 4.79 Å². The third-order valence-electron chi connectivity index (χ3n) is 1.28. The van der Waals surface area contributed by atoms with Crippen molar-refractivity contribution in [3.05, 3.63) is 0 Å². The summed E-state index contributed by atoms with van der Waals surface area (Å²) >= 11 is 0. The van der Waals surface area contributed by atoms with Crippen LogP contribution >= 0.6 is 0 Å². The van der Waals surface area contributed by atoms with Gasteiger partial charge in [-0.3, -0.25) is 4.79 Å². The first kappa shape index (κ1) is 10.6. The predicted molar refractivity (Wildman–Crippen MR) is 44.4 cm³/mol. The second kappa shape index (κ2) is 3.83. The zero-order valence-corrected chi connectivity index (χ0v) is 7.64. The zero-order valence-electron chi connectivity index (χ0n) is 7.64. The minimum atomic E-state index is -0.421. The summed E-state index contributed by atoms with van der Waals surface area (Å²) in [6, 6.07) is -0.421. The Labute approximate surface area is 67.8 Å². The van der Waals surface area contributed by atoms with Crippen LogP contribution in [0.5, 0.6) is 0 Å². The highest BCUT2D eigenvalue weighted by molar-refractivity contribution is 5.81. The fourth-order valence-electron chi connectivity index (χ4n) is 0.799. The Kier molecular flexibility index (Phi) is 3.69. The molecular formula is C8H17NO2. The normalized spacial score (nSPS) is 14.6. The van der Waals surface area contributed by atoms with E-state index in [0.717, 1.165) is 0 Å². The SMILES string of the molecule is CC(=O)C(CO)NC(C)(C)C. The highest BCUT2D eigenvalue weighted by Gasteiger charge is 2.19. The lowest BCUT2D eigenvalue weighted by atomic mass is 10.1. The Bertz CT molecular complexity index is 138. The summed E-state index contributed by atoms with van der Waals surface area (Å²) in [5, 5.41) is 11.8. The van der Waals surface area contributed by atoms with Crippen LogP contribution in [0.1, 0.15) is 27.7 Å². The molecule has 0 saturated carbocycles. The van der Waals surface area contributed by atoms with Crippen LogP contribution in [-0.2, 0) is 4.79 Å². The maximum absolute atomic E-state index is 10.8. The van der Waals surface area contributed by atoms with Crippen molar-refractivity contribution < 1.29 is 9.90 Å². The number of hydrogen-bond acceptors (Lipinski definition) is 3. The lowest BCUT2D eigenvalue weighted by Crippen LogP contribution is -2.48. The molecule has 0 aliphatic carbocycles. The Morgan fingerprint density at radius 2 is 2.00 bits per heavy atom. The predicted octanol–water partition coefficient (Wildman–Crippen LogP) is 0.324. The molecule has 66 valence electrons. The van der Waals surface area contributed by atoms with Crippen LogP contribution in [0, 0.1) is 0 Å². The van der Waals surface area contributed by atoms with Gasteiger partial charge in [-0.2, -0.15) is 0 Å². The molecule has 3 heteroatoms. The average Bonchev–Trinajstić information content (AvgIpc) is 1.80. The fourth-order valence-corrected chi connectivity index (χ4v) is 0.799. The summed E-state index contributed by atoms with van der Waals surface area (Å²) in [4.78, 5) is 10.8. The second-order valence-electron chi connectivity index (χ2n) is 3.74. The van der Waals surface area contributed by atoms with Crippen molar-refractivity contribution in [2.45, 2.75) is 39.3 Å². The molecule has 0 amide bonds. The highest BCUT2D eigenvalue weighted by atomic mass is 16.3.